The Morgan fingerprint density at radius 2 is 2.05 bits per heavy atom. The maximum Gasteiger partial charge on any atom is 0.343 e. The number of ether oxygens (including phenoxy) is 1. The molecular formula is C15H10ClFO4. The SMILES string of the molecule is Cc1cc2c(c(=O)o1)[C@@H](c1c(F)cccc1Cl)CC(=O)O2. The van der Waals surface area contributed by atoms with E-state index in [1.54, 1.807) is 6.92 Å². The van der Waals surface area contributed by atoms with E-state index in [1.165, 1.54) is 24.3 Å². The van der Waals surface area contributed by atoms with E-state index >= 15 is 0 Å². The first-order valence-corrected chi connectivity index (χ1v) is 6.64. The van der Waals surface area contributed by atoms with Crippen LogP contribution >= 0.6 is 11.6 Å². The zero-order chi connectivity index (χ0) is 15.1. The average Bonchev–Trinajstić information content (AvgIpc) is 2.36. The molecule has 1 atom stereocenters. The summed E-state index contributed by atoms with van der Waals surface area (Å²) in [5.74, 6) is -1.52. The predicted octanol–water partition coefficient (Wildman–Crippen LogP) is 3.18. The van der Waals surface area contributed by atoms with E-state index in [4.69, 9.17) is 20.8 Å². The summed E-state index contributed by atoms with van der Waals surface area (Å²) in [7, 11) is 0. The molecule has 3 rings (SSSR count). The van der Waals surface area contributed by atoms with Crippen LogP contribution in [-0.2, 0) is 4.79 Å². The molecule has 1 aliphatic rings. The summed E-state index contributed by atoms with van der Waals surface area (Å²) in [5.41, 5.74) is -0.428. The van der Waals surface area contributed by atoms with Crippen molar-refractivity contribution in [2.75, 3.05) is 0 Å². The molecule has 0 saturated carbocycles. The second kappa shape index (κ2) is 5.00. The second-order valence-electron chi connectivity index (χ2n) is 4.79. The van der Waals surface area contributed by atoms with E-state index in [0.29, 0.717) is 5.76 Å². The third kappa shape index (κ3) is 2.34. The van der Waals surface area contributed by atoms with Crippen LogP contribution in [0.4, 0.5) is 4.39 Å². The maximum atomic E-state index is 14.1. The summed E-state index contributed by atoms with van der Waals surface area (Å²) in [4.78, 5) is 23.8. The fourth-order valence-corrected chi connectivity index (χ4v) is 2.81. The van der Waals surface area contributed by atoms with Crippen LogP contribution in [0, 0.1) is 12.7 Å². The van der Waals surface area contributed by atoms with Crippen molar-refractivity contribution in [3.05, 3.63) is 62.4 Å². The van der Waals surface area contributed by atoms with Crippen LogP contribution < -0.4 is 10.4 Å². The van der Waals surface area contributed by atoms with Gasteiger partial charge in [0.1, 0.15) is 17.3 Å². The molecular weight excluding hydrogens is 299 g/mol. The number of hydrogen-bond acceptors (Lipinski definition) is 4. The Hall–Kier alpha value is -2.14. The van der Waals surface area contributed by atoms with Crippen LogP contribution in [0.15, 0.2) is 33.5 Å². The van der Waals surface area contributed by atoms with E-state index in [1.807, 2.05) is 0 Å². The number of hydrogen-bond donors (Lipinski definition) is 0. The van der Waals surface area contributed by atoms with Gasteiger partial charge in [-0.1, -0.05) is 17.7 Å². The second-order valence-corrected chi connectivity index (χ2v) is 5.20. The van der Waals surface area contributed by atoms with Crippen molar-refractivity contribution in [1.82, 2.24) is 0 Å². The van der Waals surface area contributed by atoms with Crippen molar-refractivity contribution in [2.24, 2.45) is 0 Å². The molecule has 108 valence electrons. The van der Waals surface area contributed by atoms with E-state index in [0.717, 1.165) is 0 Å². The molecule has 2 heterocycles. The molecule has 6 heteroatoms. The first-order valence-electron chi connectivity index (χ1n) is 6.26. The number of esters is 1. The van der Waals surface area contributed by atoms with Crippen LogP contribution in [-0.4, -0.2) is 5.97 Å². The van der Waals surface area contributed by atoms with Gasteiger partial charge < -0.3 is 9.15 Å². The van der Waals surface area contributed by atoms with E-state index < -0.39 is 23.3 Å². The van der Waals surface area contributed by atoms with E-state index in [9.17, 15) is 14.0 Å². The number of carbonyl (C=O) groups is 1. The van der Waals surface area contributed by atoms with Gasteiger partial charge in [0, 0.05) is 22.6 Å². The third-order valence-electron chi connectivity index (χ3n) is 3.36. The Labute approximate surface area is 124 Å². The molecule has 2 aromatic rings. The van der Waals surface area contributed by atoms with Crippen LogP contribution in [0.5, 0.6) is 5.75 Å². The molecule has 1 aromatic heterocycles. The Balaban J connectivity index is 2.27. The number of fused-ring (bicyclic) bond motifs is 1. The van der Waals surface area contributed by atoms with Crippen LogP contribution in [0.25, 0.3) is 0 Å². The minimum Gasteiger partial charge on any atom is -0.428 e. The van der Waals surface area contributed by atoms with Crippen LogP contribution in [0.3, 0.4) is 0 Å². The lowest BCUT2D eigenvalue weighted by atomic mass is 9.87. The molecule has 0 fully saturated rings. The Morgan fingerprint density at radius 3 is 2.76 bits per heavy atom. The highest BCUT2D eigenvalue weighted by Crippen LogP contribution is 2.40. The van der Waals surface area contributed by atoms with Gasteiger partial charge in [-0.3, -0.25) is 4.79 Å². The molecule has 1 aliphatic heterocycles. The van der Waals surface area contributed by atoms with Gasteiger partial charge in [0.05, 0.1) is 12.0 Å². The third-order valence-corrected chi connectivity index (χ3v) is 3.69. The molecule has 0 N–H and O–H groups in total. The average molecular weight is 309 g/mol. The Kier molecular flexibility index (Phi) is 3.29. The molecule has 1 aromatic carbocycles. The van der Waals surface area contributed by atoms with Crippen LogP contribution in [0.2, 0.25) is 5.02 Å². The molecule has 0 bridgehead atoms. The quantitative estimate of drug-likeness (QED) is 0.759. The maximum absolute atomic E-state index is 14.1. The molecule has 21 heavy (non-hydrogen) atoms. The van der Waals surface area contributed by atoms with Crippen molar-refractivity contribution in [3.63, 3.8) is 0 Å². The standard InChI is InChI=1S/C15H10ClFO4/c1-7-5-11-14(15(19)20-7)8(6-12(18)21-11)13-9(16)3-2-4-10(13)17/h2-5,8H,6H2,1H3/t8-/m1/s1. The summed E-state index contributed by atoms with van der Waals surface area (Å²) in [6, 6.07) is 5.64. The number of halogens is 2. The fourth-order valence-electron chi connectivity index (χ4n) is 2.52. The van der Waals surface area contributed by atoms with Gasteiger partial charge in [-0.15, -0.1) is 0 Å². The molecule has 0 radical (unpaired) electrons. The van der Waals surface area contributed by atoms with Gasteiger partial charge in [0.25, 0.3) is 0 Å². The molecule has 0 amide bonds. The molecule has 0 saturated heterocycles. The normalized spacial score (nSPS) is 17.3. The first kappa shape index (κ1) is 13.8. The van der Waals surface area contributed by atoms with E-state index in [2.05, 4.69) is 0 Å². The number of aryl methyl sites for hydroxylation is 1. The number of carbonyl (C=O) groups excluding carboxylic acids is 1. The fraction of sp³-hybridized carbons (Fsp3) is 0.200. The lowest BCUT2D eigenvalue weighted by Crippen LogP contribution is -2.27. The zero-order valence-corrected chi connectivity index (χ0v) is 11.7. The molecule has 0 unspecified atom stereocenters. The van der Waals surface area contributed by atoms with Crippen molar-refractivity contribution >= 4 is 17.6 Å². The summed E-state index contributed by atoms with van der Waals surface area (Å²) >= 11 is 6.04. The molecule has 0 aliphatic carbocycles. The van der Waals surface area contributed by atoms with Crippen molar-refractivity contribution in [3.8, 4) is 5.75 Å². The van der Waals surface area contributed by atoms with Gasteiger partial charge >= 0.3 is 11.6 Å². The first-order chi connectivity index (χ1) is 9.97. The van der Waals surface area contributed by atoms with Gasteiger partial charge in [-0.25, -0.2) is 9.18 Å². The topological polar surface area (TPSA) is 56.5 Å². The monoisotopic (exact) mass is 308 g/mol. The lowest BCUT2D eigenvalue weighted by molar-refractivity contribution is -0.135. The van der Waals surface area contributed by atoms with Crippen molar-refractivity contribution in [1.29, 1.82) is 0 Å². The highest BCUT2D eigenvalue weighted by molar-refractivity contribution is 6.31. The van der Waals surface area contributed by atoms with Gasteiger partial charge in [-0.05, 0) is 19.1 Å². The number of rotatable bonds is 1. The van der Waals surface area contributed by atoms with Gasteiger partial charge in [0.15, 0.2) is 0 Å². The smallest absolute Gasteiger partial charge is 0.343 e. The largest absolute Gasteiger partial charge is 0.428 e. The Morgan fingerprint density at radius 1 is 1.29 bits per heavy atom. The van der Waals surface area contributed by atoms with Gasteiger partial charge in [0.2, 0.25) is 0 Å². The van der Waals surface area contributed by atoms with E-state index in [-0.39, 0.29) is 28.3 Å². The summed E-state index contributed by atoms with van der Waals surface area (Å²) < 4.78 is 24.2. The highest BCUT2D eigenvalue weighted by atomic mass is 35.5. The lowest BCUT2D eigenvalue weighted by Gasteiger charge is -2.24. The minimum atomic E-state index is -0.813. The number of benzene rings is 1. The van der Waals surface area contributed by atoms with Crippen LogP contribution in [0.1, 0.15) is 29.2 Å². The summed E-state index contributed by atoms with van der Waals surface area (Å²) in [6.45, 7) is 1.56. The minimum absolute atomic E-state index is 0.101. The van der Waals surface area contributed by atoms with Gasteiger partial charge in [-0.2, -0.15) is 0 Å². The summed E-state index contributed by atoms with van der Waals surface area (Å²) in [5, 5.41) is 0.153. The zero-order valence-electron chi connectivity index (χ0n) is 11.0. The molecule has 4 nitrogen and oxygen atoms in total. The Bertz CT molecular complexity index is 776. The predicted molar refractivity (Wildman–Crippen MR) is 73.2 cm³/mol. The highest BCUT2D eigenvalue weighted by Gasteiger charge is 2.35. The van der Waals surface area contributed by atoms with Crippen molar-refractivity contribution in [2.45, 2.75) is 19.3 Å². The summed E-state index contributed by atoms with van der Waals surface area (Å²) in [6.07, 6.45) is -0.165. The molecule has 0 spiro atoms. The van der Waals surface area contributed by atoms with Crippen molar-refractivity contribution < 1.29 is 18.3 Å².